The summed E-state index contributed by atoms with van der Waals surface area (Å²) in [6.07, 6.45) is 3.07. The Hall–Kier alpha value is -0.340. The van der Waals surface area contributed by atoms with Gasteiger partial charge in [0.25, 0.3) is 0 Å². The molecule has 0 spiro atoms. The van der Waals surface area contributed by atoms with Crippen LogP contribution in [0.4, 0.5) is 0 Å². The molecule has 22 heavy (non-hydrogen) atoms. The zero-order valence-corrected chi connectivity index (χ0v) is 15.5. The van der Waals surface area contributed by atoms with E-state index in [1.54, 1.807) is 22.5 Å². The zero-order chi connectivity index (χ0) is 15.0. The normalized spacial score (nSPS) is 25.4. The Bertz CT molecular complexity index is 641. The number of fused-ring (bicyclic) bond motifs is 2. The van der Waals surface area contributed by atoms with Crippen LogP contribution in [-0.2, 0) is 10.0 Å². The lowest BCUT2D eigenvalue weighted by Gasteiger charge is -2.24. The van der Waals surface area contributed by atoms with Gasteiger partial charge in [-0.3, -0.25) is 0 Å². The fraction of sp³-hybridized carbons (Fsp3) is 0.571. The van der Waals surface area contributed by atoms with Crippen LogP contribution in [0.25, 0.3) is 0 Å². The summed E-state index contributed by atoms with van der Waals surface area (Å²) in [7, 11) is -2.04. The number of ether oxygens (including phenoxy) is 1. The van der Waals surface area contributed by atoms with E-state index in [9.17, 15) is 8.42 Å². The van der Waals surface area contributed by atoms with Crippen molar-refractivity contribution < 1.29 is 13.2 Å². The van der Waals surface area contributed by atoms with Crippen molar-refractivity contribution in [1.29, 1.82) is 0 Å². The number of halogens is 2. The molecule has 0 aliphatic carbocycles. The van der Waals surface area contributed by atoms with Gasteiger partial charge in [0, 0.05) is 29.6 Å². The van der Waals surface area contributed by atoms with E-state index >= 15 is 0 Å². The molecular weight excluding hydrogens is 392 g/mol. The third-order valence-electron chi connectivity index (χ3n) is 4.23. The average Bonchev–Trinajstić information content (AvgIpc) is 2.77. The largest absolute Gasteiger partial charge is 0.495 e. The molecule has 3 rings (SSSR count). The van der Waals surface area contributed by atoms with Crippen molar-refractivity contribution in [2.24, 2.45) is 0 Å². The molecule has 2 saturated heterocycles. The molecule has 0 radical (unpaired) electrons. The molecule has 5 nitrogen and oxygen atoms in total. The van der Waals surface area contributed by atoms with Crippen molar-refractivity contribution >= 4 is 38.4 Å². The van der Waals surface area contributed by atoms with Crippen LogP contribution in [0.5, 0.6) is 5.75 Å². The van der Waals surface area contributed by atoms with Crippen molar-refractivity contribution in [2.75, 3.05) is 20.2 Å². The van der Waals surface area contributed by atoms with Crippen molar-refractivity contribution in [2.45, 2.75) is 36.2 Å². The van der Waals surface area contributed by atoms with Crippen molar-refractivity contribution in [3.8, 4) is 5.75 Å². The van der Waals surface area contributed by atoms with Crippen LogP contribution in [0.1, 0.15) is 19.3 Å². The van der Waals surface area contributed by atoms with E-state index in [1.165, 1.54) is 7.11 Å². The number of nitrogens with zero attached hydrogens (tertiary/aromatic N) is 1. The molecule has 2 unspecified atom stereocenters. The standard InChI is InChI=1S/C14H19BrN2O3S.ClH/c1-20-13-5-2-10(15)8-14(13)21(18,19)17-7-6-11-3-4-12(9-17)16-11;/h2,5,8,11-12,16H,3-4,6-7,9H2,1H3;1H. The Labute approximate surface area is 146 Å². The van der Waals surface area contributed by atoms with Crippen LogP contribution in [0.15, 0.2) is 27.6 Å². The molecule has 2 atom stereocenters. The molecule has 8 heteroatoms. The van der Waals surface area contributed by atoms with E-state index in [0.29, 0.717) is 24.9 Å². The Kier molecular flexibility index (Phi) is 5.77. The second kappa shape index (κ2) is 7.05. The van der Waals surface area contributed by atoms with Gasteiger partial charge in [0.05, 0.1) is 7.11 Å². The molecule has 0 saturated carbocycles. The Morgan fingerprint density at radius 2 is 2.00 bits per heavy atom. The van der Waals surface area contributed by atoms with Crippen LogP contribution in [0.2, 0.25) is 0 Å². The molecule has 2 aliphatic rings. The lowest BCUT2D eigenvalue weighted by atomic mass is 10.1. The predicted octanol–water partition coefficient (Wildman–Crippen LogP) is 2.39. The maximum absolute atomic E-state index is 12.9. The van der Waals surface area contributed by atoms with Gasteiger partial charge in [0.1, 0.15) is 10.6 Å². The van der Waals surface area contributed by atoms with Crippen molar-refractivity contribution in [3.63, 3.8) is 0 Å². The lowest BCUT2D eigenvalue weighted by molar-refractivity contribution is 0.373. The molecule has 2 bridgehead atoms. The first-order valence-electron chi connectivity index (χ1n) is 7.10. The van der Waals surface area contributed by atoms with Crippen LogP contribution in [0.3, 0.4) is 0 Å². The molecule has 1 aromatic rings. The summed E-state index contributed by atoms with van der Waals surface area (Å²) in [5, 5.41) is 3.50. The van der Waals surface area contributed by atoms with Gasteiger partial charge in [0.15, 0.2) is 0 Å². The van der Waals surface area contributed by atoms with Crippen LogP contribution >= 0.6 is 28.3 Å². The maximum atomic E-state index is 12.9. The zero-order valence-electron chi connectivity index (χ0n) is 12.3. The molecule has 2 fully saturated rings. The monoisotopic (exact) mass is 410 g/mol. The Morgan fingerprint density at radius 3 is 2.73 bits per heavy atom. The summed E-state index contributed by atoms with van der Waals surface area (Å²) in [6, 6.07) is 5.80. The van der Waals surface area contributed by atoms with Crippen LogP contribution in [0, 0.1) is 0 Å². The van der Waals surface area contributed by atoms with E-state index in [4.69, 9.17) is 4.74 Å². The molecule has 1 N–H and O–H groups in total. The van der Waals surface area contributed by atoms with Gasteiger partial charge in [-0.1, -0.05) is 15.9 Å². The molecule has 0 aromatic heterocycles. The topological polar surface area (TPSA) is 58.6 Å². The first-order valence-corrected chi connectivity index (χ1v) is 9.34. The first kappa shape index (κ1) is 18.0. The number of rotatable bonds is 3. The summed E-state index contributed by atoms with van der Waals surface area (Å²) >= 11 is 3.34. The minimum Gasteiger partial charge on any atom is -0.495 e. The van der Waals surface area contributed by atoms with Gasteiger partial charge in [-0.15, -0.1) is 12.4 Å². The van der Waals surface area contributed by atoms with E-state index < -0.39 is 10.0 Å². The third kappa shape index (κ3) is 3.43. The van der Waals surface area contributed by atoms with Gasteiger partial charge in [-0.25, -0.2) is 8.42 Å². The van der Waals surface area contributed by atoms with Gasteiger partial charge in [0.2, 0.25) is 10.0 Å². The van der Waals surface area contributed by atoms with Crippen LogP contribution < -0.4 is 10.1 Å². The Morgan fingerprint density at radius 1 is 1.27 bits per heavy atom. The van der Waals surface area contributed by atoms with Gasteiger partial charge in [-0.05, 0) is 37.5 Å². The number of sulfonamides is 1. The number of hydrogen-bond donors (Lipinski definition) is 1. The number of benzene rings is 1. The smallest absolute Gasteiger partial charge is 0.246 e. The minimum absolute atomic E-state index is 0. The maximum Gasteiger partial charge on any atom is 0.246 e. The first-order chi connectivity index (χ1) is 10.0. The summed E-state index contributed by atoms with van der Waals surface area (Å²) in [4.78, 5) is 0.233. The summed E-state index contributed by atoms with van der Waals surface area (Å²) in [5.74, 6) is 0.389. The highest BCUT2D eigenvalue weighted by atomic mass is 79.9. The molecule has 0 amide bonds. The lowest BCUT2D eigenvalue weighted by Crippen LogP contribution is -2.39. The van der Waals surface area contributed by atoms with E-state index in [1.807, 2.05) is 0 Å². The summed E-state index contributed by atoms with van der Waals surface area (Å²) < 4.78 is 33.4. The third-order valence-corrected chi connectivity index (χ3v) is 6.61. The van der Waals surface area contributed by atoms with Crippen molar-refractivity contribution in [3.05, 3.63) is 22.7 Å². The van der Waals surface area contributed by atoms with Gasteiger partial charge in [-0.2, -0.15) is 4.31 Å². The summed E-state index contributed by atoms with van der Waals surface area (Å²) in [6.45, 7) is 1.10. The highest BCUT2D eigenvalue weighted by molar-refractivity contribution is 9.10. The van der Waals surface area contributed by atoms with Crippen LogP contribution in [-0.4, -0.2) is 45.0 Å². The fourth-order valence-electron chi connectivity index (χ4n) is 3.12. The molecule has 2 heterocycles. The number of nitrogens with one attached hydrogen (secondary N) is 1. The van der Waals surface area contributed by atoms with E-state index in [2.05, 4.69) is 21.2 Å². The number of methoxy groups -OCH3 is 1. The van der Waals surface area contributed by atoms with E-state index in [-0.39, 0.29) is 23.3 Å². The average molecular weight is 412 g/mol. The molecule has 1 aromatic carbocycles. The molecule has 2 aliphatic heterocycles. The molecule has 124 valence electrons. The molecular formula is C14H20BrClN2O3S. The summed E-state index contributed by atoms with van der Waals surface area (Å²) in [5.41, 5.74) is 0. The van der Waals surface area contributed by atoms with Gasteiger partial charge >= 0.3 is 0 Å². The fourth-order valence-corrected chi connectivity index (χ4v) is 5.31. The highest BCUT2D eigenvalue weighted by Gasteiger charge is 2.36. The quantitative estimate of drug-likeness (QED) is 0.830. The Balaban J connectivity index is 0.00000176. The number of hydrogen-bond acceptors (Lipinski definition) is 4. The SMILES string of the molecule is COc1ccc(Br)cc1S(=O)(=O)N1CCC2CCC(C1)N2.Cl. The van der Waals surface area contributed by atoms with E-state index in [0.717, 1.165) is 23.7 Å². The second-order valence-electron chi connectivity index (χ2n) is 5.58. The second-order valence-corrected chi connectivity index (χ2v) is 8.41. The van der Waals surface area contributed by atoms with Gasteiger partial charge < -0.3 is 10.1 Å². The predicted molar refractivity (Wildman–Crippen MR) is 91.3 cm³/mol. The minimum atomic E-state index is -3.53. The van der Waals surface area contributed by atoms with Crippen molar-refractivity contribution in [1.82, 2.24) is 9.62 Å². The highest BCUT2D eigenvalue weighted by Crippen LogP contribution is 2.31.